The summed E-state index contributed by atoms with van der Waals surface area (Å²) in [6.45, 7) is 5.54. The van der Waals surface area contributed by atoms with Crippen molar-refractivity contribution in [2.45, 2.75) is 20.8 Å². The van der Waals surface area contributed by atoms with Gasteiger partial charge in [-0.25, -0.2) is 0 Å². The molecule has 0 spiro atoms. The van der Waals surface area contributed by atoms with Gasteiger partial charge in [0.1, 0.15) is 5.75 Å². The van der Waals surface area contributed by atoms with Crippen molar-refractivity contribution in [3.8, 4) is 5.75 Å². The molecule has 0 fully saturated rings. The van der Waals surface area contributed by atoms with Gasteiger partial charge in [-0.15, -0.1) is 0 Å². The van der Waals surface area contributed by atoms with Crippen LogP contribution in [0.2, 0.25) is 0 Å². The van der Waals surface area contributed by atoms with E-state index in [0.717, 1.165) is 10.0 Å². The lowest BCUT2D eigenvalue weighted by Crippen LogP contribution is -2.17. The minimum atomic E-state index is -0.264. The number of hydrogen-bond acceptors (Lipinski definition) is 3. The van der Waals surface area contributed by atoms with Crippen LogP contribution in [0.15, 0.2) is 40.9 Å². The third-order valence-corrected chi connectivity index (χ3v) is 4.08. The summed E-state index contributed by atoms with van der Waals surface area (Å²) in [5.41, 5.74) is 2.64. The number of hydrogen-bond donors (Lipinski definition) is 2. The average molecular weight is 405 g/mol. The van der Waals surface area contributed by atoms with E-state index in [1.807, 2.05) is 26.8 Å². The van der Waals surface area contributed by atoms with Crippen molar-refractivity contribution < 1.29 is 14.3 Å². The normalized spacial score (nSPS) is 10.5. The molecule has 0 aliphatic rings. The van der Waals surface area contributed by atoms with E-state index in [4.69, 9.17) is 4.74 Å². The maximum Gasteiger partial charge on any atom is 0.259 e. The van der Waals surface area contributed by atoms with Gasteiger partial charge in [0, 0.05) is 21.8 Å². The van der Waals surface area contributed by atoms with Crippen molar-refractivity contribution in [2.75, 3.05) is 17.7 Å². The fraction of sp³-hybridized carbons (Fsp3) is 0.263. The number of rotatable bonds is 5. The molecule has 0 heterocycles. The third-order valence-electron chi connectivity index (χ3n) is 3.62. The second-order valence-corrected chi connectivity index (χ2v) is 6.89. The summed E-state index contributed by atoms with van der Waals surface area (Å²) < 4.78 is 6.15. The Morgan fingerprint density at radius 2 is 1.60 bits per heavy atom. The predicted octanol–water partition coefficient (Wildman–Crippen LogP) is 4.61. The number of methoxy groups -OCH3 is 1. The topological polar surface area (TPSA) is 67.4 Å². The molecule has 2 N–H and O–H groups in total. The molecule has 0 atom stereocenters. The summed E-state index contributed by atoms with van der Waals surface area (Å²) in [5.74, 6) is 0.138. The number of nitrogens with one attached hydrogen (secondary N) is 2. The number of ether oxygens (including phenoxy) is 1. The molecule has 0 radical (unpaired) electrons. The predicted molar refractivity (Wildman–Crippen MR) is 103 cm³/mol. The molecule has 2 aromatic carbocycles. The van der Waals surface area contributed by atoms with Crippen LogP contribution >= 0.6 is 15.9 Å². The number of halogens is 1. The van der Waals surface area contributed by atoms with E-state index in [-0.39, 0.29) is 17.7 Å². The molecule has 2 aromatic rings. The van der Waals surface area contributed by atoms with Gasteiger partial charge in [0.25, 0.3) is 5.91 Å². The van der Waals surface area contributed by atoms with Gasteiger partial charge < -0.3 is 15.4 Å². The molecule has 0 saturated carbocycles. The molecule has 0 saturated heterocycles. The molecule has 2 rings (SSSR count). The Labute approximate surface area is 155 Å². The summed E-state index contributed by atoms with van der Waals surface area (Å²) in [7, 11) is 1.54. The molecular weight excluding hydrogens is 384 g/mol. The van der Waals surface area contributed by atoms with Gasteiger partial charge in [0.05, 0.1) is 12.7 Å². The molecule has 2 amide bonds. The average Bonchev–Trinajstić information content (AvgIpc) is 2.55. The Hall–Kier alpha value is -2.34. The largest absolute Gasteiger partial charge is 0.496 e. The fourth-order valence-corrected chi connectivity index (χ4v) is 2.86. The second kappa shape index (κ2) is 8.16. The monoisotopic (exact) mass is 404 g/mol. The summed E-state index contributed by atoms with van der Waals surface area (Å²) in [6, 6.07) is 10.6. The zero-order chi connectivity index (χ0) is 18.6. The van der Waals surface area contributed by atoms with Crippen LogP contribution in [0, 0.1) is 12.8 Å². The van der Waals surface area contributed by atoms with Crippen molar-refractivity contribution in [3.05, 3.63) is 52.0 Å². The lowest BCUT2D eigenvalue weighted by molar-refractivity contribution is -0.118. The molecule has 6 heteroatoms. The fourth-order valence-electron chi connectivity index (χ4n) is 2.29. The van der Waals surface area contributed by atoms with Gasteiger partial charge in [-0.1, -0.05) is 29.8 Å². The van der Waals surface area contributed by atoms with Crippen molar-refractivity contribution in [1.82, 2.24) is 0 Å². The summed E-state index contributed by atoms with van der Waals surface area (Å²) in [5, 5.41) is 5.65. The number of carbonyl (C=O) groups excluding carboxylic acids is 2. The Balaban J connectivity index is 2.15. The summed E-state index contributed by atoms with van der Waals surface area (Å²) in [6.07, 6.45) is 0. The first-order valence-electron chi connectivity index (χ1n) is 7.88. The van der Waals surface area contributed by atoms with E-state index < -0.39 is 0 Å². The number of carbonyl (C=O) groups is 2. The SMILES string of the molecule is COc1c(C)cc(Br)cc1C(=O)Nc1ccc(NC(=O)C(C)C)cc1. The Morgan fingerprint density at radius 3 is 2.12 bits per heavy atom. The van der Waals surface area contributed by atoms with Crippen LogP contribution < -0.4 is 15.4 Å². The number of benzene rings is 2. The number of aryl methyl sites for hydroxylation is 1. The highest BCUT2D eigenvalue weighted by Gasteiger charge is 2.16. The maximum absolute atomic E-state index is 12.6. The maximum atomic E-state index is 12.6. The minimum Gasteiger partial charge on any atom is -0.496 e. The van der Waals surface area contributed by atoms with Crippen molar-refractivity contribution in [1.29, 1.82) is 0 Å². The van der Waals surface area contributed by atoms with E-state index >= 15 is 0 Å². The second-order valence-electron chi connectivity index (χ2n) is 5.98. The van der Waals surface area contributed by atoms with Gasteiger partial charge in [0.15, 0.2) is 0 Å². The summed E-state index contributed by atoms with van der Waals surface area (Å²) in [4.78, 5) is 24.3. The number of anilines is 2. The van der Waals surface area contributed by atoms with E-state index in [0.29, 0.717) is 22.7 Å². The van der Waals surface area contributed by atoms with Gasteiger partial charge in [-0.3, -0.25) is 9.59 Å². The zero-order valence-corrected chi connectivity index (χ0v) is 16.2. The molecule has 0 unspecified atom stereocenters. The van der Waals surface area contributed by atoms with E-state index in [1.54, 1.807) is 37.4 Å². The van der Waals surface area contributed by atoms with Crippen LogP contribution in [0.4, 0.5) is 11.4 Å². The quantitative estimate of drug-likeness (QED) is 0.763. The minimum absolute atomic E-state index is 0.0499. The Kier molecular flexibility index (Phi) is 6.20. The Bertz CT molecular complexity index is 786. The van der Waals surface area contributed by atoms with Crippen LogP contribution in [0.1, 0.15) is 29.8 Å². The van der Waals surface area contributed by atoms with Crippen molar-refractivity contribution in [2.24, 2.45) is 5.92 Å². The van der Waals surface area contributed by atoms with Crippen LogP contribution in [-0.2, 0) is 4.79 Å². The zero-order valence-electron chi connectivity index (χ0n) is 14.6. The molecule has 0 bridgehead atoms. The highest BCUT2D eigenvalue weighted by atomic mass is 79.9. The molecule has 132 valence electrons. The number of amides is 2. The lowest BCUT2D eigenvalue weighted by atomic mass is 10.1. The standard InChI is InChI=1S/C19H21BrN2O3/c1-11(2)18(23)21-14-5-7-15(8-6-14)22-19(24)16-10-13(20)9-12(3)17(16)25-4/h5-11H,1-4H3,(H,21,23)(H,22,24). The van der Waals surface area contributed by atoms with Crippen LogP contribution in [0.3, 0.4) is 0 Å². The molecular formula is C19H21BrN2O3. The first-order chi connectivity index (χ1) is 11.8. The molecule has 0 aliphatic carbocycles. The molecule has 0 aromatic heterocycles. The van der Waals surface area contributed by atoms with E-state index in [1.165, 1.54) is 0 Å². The van der Waals surface area contributed by atoms with Gasteiger partial charge in [0.2, 0.25) is 5.91 Å². The van der Waals surface area contributed by atoms with Gasteiger partial charge in [-0.2, -0.15) is 0 Å². The Morgan fingerprint density at radius 1 is 1.04 bits per heavy atom. The lowest BCUT2D eigenvalue weighted by Gasteiger charge is -2.13. The molecule has 25 heavy (non-hydrogen) atoms. The first-order valence-corrected chi connectivity index (χ1v) is 8.67. The van der Waals surface area contributed by atoms with Crippen LogP contribution in [0.25, 0.3) is 0 Å². The highest BCUT2D eigenvalue weighted by molar-refractivity contribution is 9.10. The van der Waals surface area contributed by atoms with Gasteiger partial charge in [-0.05, 0) is 48.9 Å². The van der Waals surface area contributed by atoms with E-state index in [2.05, 4.69) is 26.6 Å². The van der Waals surface area contributed by atoms with Crippen LogP contribution in [-0.4, -0.2) is 18.9 Å². The smallest absolute Gasteiger partial charge is 0.259 e. The molecule has 0 aliphatic heterocycles. The third kappa shape index (κ3) is 4.82. The summed E-state index contributed by atoms with van der Waals surface area (Å²) >= 11 is 3.40. The van der Waals surface area contributed by atoms with Crippen molar-refractivity contribution >= 4 is 39.1 Å². The molecule has 5 nitrogen and oxygen atoms in total. The van der Waals surface area contributed by atoms with Gasteiger partial charge >= 0.3 is 0 Å². The first kappa shape index (κ1) is 19.0. The highest BCUT2D eigenvalue weighted by Crippen LogP contribution is 2.28. The van der Waals surface area contributed by atoms with Crippen molar-refractivity contribution in [3.63, 3.8) is 0 Å². The van der Waals surface area contributed by atoms with E-state index in [9.17, 15) is 9.59 Å². The van der Waals surface area contributed by atoms with Crippen LogP contribution in [0.5, 0.6) is 5.75 Å².